The van der Waals surface area contributed by atoms with Crippen LogP contribution in [0.1, 0.15) is 6.42 Å². The van der Waals surface area contributed by atoms with E-state index < -0.39 is 12.2 Å². The summed E-state index contributed by atoms with van der Waals surface area (Å²) in [5.41, 5.74) is 0. The first-order valence-corrected chi connectivity index (χ1v) is 3.41. The molecular weight excluding hydrogens is 164 g/mol. The molecule has 68 valence electrons. The van der Waals surface area contributed by atoms with Crippen molar-refractivity contribution in [2.75, 3.05) is 14.2 Å². The van der Waals surface area contributed by atoms with Crippen LogP contribution in [0.4, 0.5) is 4.79 Å². The maximum absolute atomic E-state index is 10.8. The van der Waals surface area contributed by atoms with E-state index in [0.717, 1.165) is 5.06 Å². The van der Waals surface area contributed by atoms with Gasteiger partial charge in [-0.25, -0.2) is 14.7 Å². The van der Waals surface area contributed by atoms with Gasteiger partial charge in [-0.05, 0) is 0 Å². The van der Waals surface area contributed by atoms with Gasteiger partial charge in [0, 0.05) is 7.05 Å². The van der Waals surface area contributed by atoms with E-state index in [1.165, 1.54) is 14.2 Å². The van der Waals surface area contributed by atoms with Crippen LogP contribution in [-0.2, 0) is 14.4 Å². The molecule has 1 fully saturated rings. The van der Waals surface area contributed by atoms with Crippen LogP contribution in [0.2, 0.25) is 0 Å². The lowest BCUT2D eigenvalue weighted by atomic mass is 10.4. The van der Waals surface area contributed by atoms with Crippen molar-refractivity contribution in [2.24, 2.45) is 0 Å². The van der Waals surface area contributed by atoms with Crippen molar-refractivity contribution >= 4 is 12.0 Å². The van der Waals surface area contributed by atoms with Gasteiger partial charge in [0.1, 0.15) is 0 Å². The third-order valence-electron chi connectivity index (χ3n) is 1.44. The van der Waals surface area contributed by atoms with Crippen LogP contribution in [0.25, 0.3) is 0 Å². The van der Waals surface area contributed by atoms with Gasteiger partial charge in [-0.1, -0.05) is 0 Å². The summed E-state index contributed by atoms with van der Waals surface area (Å²) in [6, 6.07) is -0.357. The molecule has 0 aliphatic carbocycles. The molecule has 1 saturated heterocycles. The first-order chi connectivity index (χ1) is 5.63. The highest BCUT2D eigenvalue weighted by atomic mass is 16.7. The molecule has 0 aromatic heterocycles. The van der Waals surface area contributed by atoms with Crippen LogP contribution in [0.5, 0.6) is 0 Å². The number of esters is 1. The van der Waals surface area contributed by atoms with Gasteiger partial charge in [-0.15, -0.1) is 0 Å². The fourth-order valence-electron chi connectivity index (χ4n) is 0.817. The fraction of sp³-hybridized carbons (Fsp3) is 0.667. The Hall–Kier alpha value is -1.30. The van der Waals surface area contributed by atoms with Crippen LogP contribution in [0.3, 0.4) is 0 Å². The van der Waals surface area contributed by atoms with Crippen LogP contribution >= 0.6 is 0 Å². The molecule has 0 aromatic carbocycles. The van der Waals surface area contributed by atoms with Crippen molar-refractivity contribution in [2.45, 2.75) is 12.6 Å². The molecule has 1 N–H and O–H groups in total. The summed E-state index contributed by atoms with van der Waals surface area (Å²) >= 11 is 0. The maximum atomic E-state index is 10.8. The molecule has 0 radical (unpaired) electrons. The van der Waals surface area contributed by atoms with E-state index in [-0.39, 0.29) is 12.5 Å². The average molecular weight is 174 g/mol. The largest absolute Gasteiger partial charge is 0.469 e. The van der Waals surface area contributed by atoms with Crippen molar-refractivity contribution < 1.29 is 19.2 Å². The molecule has 1 unspecified atom stereocenters. The molecule has 12 heavy (non-hydrogen) atoms. The topological polar surface area (TPSA) is 67.9 Å². The van der Waals surface area contributed by atoms with Crippen molar-refractivity contribution in [1.29, 1.82) is 0 Å². The Morgan fingerprint density at radius 1 is 1.83 bits per heavy atom. The Labute approximate surface area is 69.4 Å². The predicted molar refractivity (Wildman–Crippen MR) is 37.8 cm³/mol. The minimum absolute atomic E-state index is 0.0204. The lowest BCUT2D eigenvalue weighted by Crippen LogP contribution is -2.29. The monoisotopic (exact) mass is 174 g/mol. The van der Waals surface area contributed by atoms with Gasteiger partial charge < -0.3 is 10.1 Å². The smallest absolute Gasteiger partial charge is 0.343 e. The molecule has 1 atom stereocenters. The molecule has 1 heterocycles. The summed E-state index contributed by atoms with van der Waals surface area (Å²) < 4.78 is 4.39. The lowest BCUT2D eigenvalue weighted by Gasteiger charge is -2.07. The van der Waals surface area contributed by atoms with Crippen molar-refractivity contribution in [3.05, 3.63) is 0 Å². The van der Waals surface area contributed by atoms with E-state index in [2.05, 4.69) is 10.1 Å². The minimum atomic E-state index is -0.602. The Morgan fingerprint density at radius 2 is 2.50 bits per heavy atom. The van der Waals surface area contributed by atoms with Crippen LogP contribution in [0, 0.1) is 0 Å². The standard InChI is InChI=1S/C6H10N2O4/c1-8-6(10)7-4(12-8)3-5(9)11-2/h4H,3H2,1-2H3,(H,7,10). The second-order valence-corrected chi connectivity index (χ2v) is 2.32. The molecule has 1 rings (SSSR count). The van der Waals surface area contributed by atoms with Crippen molar-refractivity contribution in [3.8, 4) is 0 Å². The predicted octanol–water partition coefficient (Wildman–Crippen LogP) is -0.538. The second kappa shape index (κ2) is 3.40. The number of nitrogens with zero attached hydrogens (tertiary/aromatic N) is 1. The van der Waals surface area contributed by atoms with Gasteiger partial charge >= 0.3 is 12.0 Å². The minimum Gasteiger partial charge on any atom is -0.469 e. The summed E-state index contributed by atoms with van der Waals surface area (Å²) in [5.74, 6) is -0.421. The number of urea groups is 1. The molecule has 6 heteroatoms. The lowest BCUT2D eigenvalue weighted by molar-refractivity contribution is -0.151. The quantitative estimate of drug-likeness (QED) is 0.571. The van der Waals surface area contributed by atoms with Gasteiger partial charge in [-0.3, -0.25) is 4.79 Å². The molecule has 0 saturated carbocycles. The number of hydrogen-bond acceptors (Lipinski definition) is 4. The zero-order valence-electron chi connectivity index (χ0n) is 6.86. The summed E-state index contributed by atoms with van der Waals surface area (Å²) in [5, 5.41) is 3.47. The van der Waals surface area contributed by atoms with Gasteiger partial charge in [-0.2, -0.15) is 0 Å². The van der Waals surface area contributed by atoms with E-state index in [0.29, 0.717) is 0 Å². The number of hydrogen-bond donors (Lipinski definition) is 1. The van der Waals surface area contributed by atoms with Crippen LogP contribution in [0.15, 0.2) is 0 Å². The fourth-order valence-corrected chi connectivity index (χ4v) is 0.817. The van der Waals surface area contributed by atoms with Gasteiger partial charge in [0.2, 0.25) is 0 Å². The molecule has 0 aromatic rings. The zero-order chi connectivity index (χ0) is 9.14. The highest BCUT2D eigenvalue weighted by Crippen LogP contribution is 2.06. The molecule has 2 amide bonds. The average Bonchev–Trinajstić information content (AvgIpc) is 2.31. The van der Waals surface area contributed by atoms with E-state index in [1.54, 1.807) is 0 Å². The number of ether oxygens (including phenoxy) is 1. The maximum Gasteiger partial charge on any atom is 0.343 e. The van der Waals surface area contributed by atoms with E-state index >= 15 is 0 Å². The molecule has 1 aliphatic heterocycles. The van der Waals surface area contributed by atoms with E-state index in [1.807, 2.05) is 0 Å². The zero-order valence-corrected chi connectivity index (χ0v) is 6.86. The normalized spacial score (nSPS) is 22.3. The molecule has 0 spiro atoms. The Bertz CT molecular complexity index is 206. The van der Waals surface area contributed by atoms with Crippen LogP contribution < -0.4 is 5.32 Å². The number of carbonyl (C=O) groups excluding carboxylic acids is 2. The molecule has 6 nitrogen and oxygen atoms in total. The van der Waals surface area contributed by atoms with E-state index in [4.69, 9.17) is 4.84 Å². The first-order valence-electron chi connectivity index (χ1n) is 3.41. The Kier molecular flexibility index (Phi) is 2.49. The molecule has 1 aliphatic rings. The van der Waals surface area contributed by atoms with Gasteiger partial charge in [0.25, 0.3) is 0 Å². The Morgan fingerprint density at radius 3 is 2.92 bits per heavy atom. The number of carbonyl (C=O) groups is 2. The molecular formula is C6H10N2O4. The summed E-state index contributed by atoms with van der Waals surface area (Å²) in [4.78, 5) is 26.4. The van der Waals surface area contributed by atoms with Crippen molar-refractivity contribution in [3.63, 3.8) is 0 Å². The third kappa shape index (κ3) is 1.85. The number of methoxy groups -OCH3 is 1. The number of nitrogens with one attached hydrogen (secondary N) is 1. The summed E-state index contributed by atoms with van der Waals surface area (Å²) in [7, 11) is 2.75. The highest BCUT2D eigenvalue weighted by Gasteiger charge is 2.28. The number of hydroxylamine groups is 2. The van der Waals surface area contributed by atoms with Crippen LogP contribution in [-0.4, -0.2) is 37.4 Å². The highest BCUT2D eigenvalue weighted by molar-refractivity contribution is 5.76. The number of amides is 2. The van der Waals surface area contributed by atoms with Gasteiger partial charge in [0.05, 0.1) is 13.5 Å². The summed E-state index contributed by atoms with van der Waals surface area (Å²) in [6.45, 7) is 0. The Balaban J connectivity index is 2.37. The first kappa shape index (κ1) is 8.79. The summed E-state index contributed by atoms with van der Waals surface area (Å²) in [6.07, 6.45) is -0.581. The van der Waals surface area contributed by atoms with Gasteiger partial charge in [0.15, 0.2) is 6.23 Å². The van der Waals surface area contributed by atoms with Crippen molar-refractivity contribution in [1.82, 2.24) is 10.4 Å². The number of rotatable bonds is 2. The van der Waals surface area contributed by atoms with E-state index in [9.17, 15) is 9.59 Å². The third-order valence-corrected chi connectivity index (χ3v) is 1.44. The SMILES string of the molecule is COC(=O)CC1NC(=O)N(C)O1. The second-order valence-electron chi connectivity index (χ2n) is 2.32. The molecule has 0 bridgehead atoms.